The molecule has 1 fully saturated rings. The third-order valence-electron chi connectivity index (χ3n) is 5.25. The van der Waals surface area contributed by atoms with Gasteiger partial charge in [-0.2, -0.15) is 13.2 Å². The van der Waals surface area contributed by atoms with Crippen LogP contribution in [0.4, 0.5) is 18.9 Å². The Bertz CT molecular complexity index is 1190. The lowest BCUT2D eigenvalue weighted by atomic mass is 10.1. The van der Waals surface area contributed by atoms with E-state index in [0.717, 1.165) is 23.9 Å². The summed E-state index contributed by atoms with van der Waals surface area (Å²) in [6.07, 6.45) is -2.51. The van der Waals surface area contributed by atoms with Crippen molar-refractivity contribution in [2.45, 2.75) is 34.9 Å². The van der Waals surface area contributed by atoms with Gasteiger partial charge in [0.1, 0.15) is 0 Å². The first-order valence-electron chi connectivity index (χ1n) is 9.40. The molecule has 158 valence electrons. The number of alkyl halides is 3. The van der Waals surface area contributed by atoms with Gasteiger partial charge in [0, 0.05) is 24.7 Å². The first-order valence-corrected chi connectivity index (χ1v) is 10.9. The summed E-state index contributed by atoms with van der Waals surface area (Å²) in [7, 11) is -4.17. The molecule has 4 rings (SSSR count). The zero-order valence-electron chi connectivity index (χ0n) is 15.8. The molecule has 0 amide bonds. The lowest BCUT2D eigenvalue weighted by Gasteiger charge is -2.31. The molecule has 9 heteroatoms. The van der Waals surface area contributed by atoms with E-state index in [1.54, 1.807) is 12.1 Å². The first kappa shape index (κ1) is 20.6. The molecule has 1 aromatic heterocycles. The third-order valence-corrected chi connectivity index (χ3v) is 6.97. The van der Waals surface area contributed by atoms with E-state index < -0.39 is 26.5 Å². The van der Waals surface area contributed by atoms with Crippen LogP contribution >= 0.6 is 0 Å². The predicted octanol–water partition coefficient (Wildman–Crippen LogP) is 4.05. The number of benzene rings is 2. The van der Waals surface area contributed by atoms with Gasteiger partial charge in [-0.3, -0.25) is 4.98 Å². The van der Waals surface area contributed by atoms with Crippen LogP contribution in [0.3, 0.4) is 0 Å². The molecule has 0 unspecified atom stereocenters. The number of sulfone groups is 1. The molecule has 3 aromatic rings. The van der Waals surface area contributed by atoms with E-state index in [1.807, 2.05) is 6.07 Å². The molecule has 0 radical (unpaired) electrons. The highest BCUT2D eigenvalue weighted by molar-refractivity contribution is 7.91. The summed E-state index contributed by atoms with van der Waals surface area (Å²) in [5, 5.41) is 10.3. The Hall–Kier alpha value is -2.65. The molecule has 1 N–H and O–H groups in total. The number of hydrogen-bond donors (Lipinski definition) is 1. The van der Waals surface area contributed by atoms with E-state index in [2.05, 4.69) is 9.88 Å². The molecule has 5 nitrogen and oxygen atoms in total. The number of nitrogens with zero attached hydrogens (tertiary/aromatic N) is 2. The number of rotatable bonds is 3. The Labute approximate surface area is 171 Å². The topological polar surface area (TPSA) is 70.5 Å². The van der Waals surface area contributed by atoms with Gasteiger partial charge < -0.3 is 10.0 Å². The van der Waals surface area contributed by atoms with Crippen LogP contribution < -0.4 is 4.90 Å². The largest absolute Gasteiger partial charge is 0.416 e. The molecule has 0 aliphatic carbocycles. The summed E-state index contributed by atoms with van der Waals surface area (Å²) in [5.74, 6) is 0. The summed E-state index contributed by atoms with van der Waals surface area (Å²) < 4.78 is 64.8. The van der Waals surface area contributed by atoms with Crippen molar-refractivity contribution in [1.82, 2.24) is 4.98 Å². The number of aliphatic hydroxyl groups excluding tert-OH is 1. The van der Waals surface area contributed by atoms with Crippen molar-refractivity contribution in [3.05, 3.63) is 60.3 Å². The minimum Gasteiger partial charge on any atom is -0.393 e. The van der Waals surface area contributed by atoms with Crippen molar-refractivity contribution >= 4 is 26.4 Å². The third kappa shape index (κ3) is 3.87. The number of fused-ring (bicyclic) bond motifs is 1. The Kier molecular flexibility index (Phi) is 5.19. The lowest BCUT2D eigenvalue weighted by molar-refractivity contribution is -0.137. The second-order valence-electron chi connectivity index (χ2n) is 7.27. The Balaban J connectivity index is 1.74. The van der Waals surface area contributed by atoms with Gasteiger partial charge in [-0.15, -0.1) is 0 Å². The van der Waals surface area contributed by atoms with Gasteiger partial charge >= 0.3 is 6.18 Å². The summed E-state index contributed by atoms with van der Waals surface area (Å²) in [5.41, 5.74) is 0.422. The Morgan fingerprint density at radius 2 is 1.70 bits per heavy atom. The van der Waals surface area contributed by atoms with E-state index >= 15 is 0 Å². The first-order chi connectivity index (χ1) is 14.2. The van der Waals surface area contributed by atoms with E-state index in [9.17, 15) is 26.7 Å². The summed E-state index contributed by atoms with van der Waals surface area (Å²) in [4.78, 5) is 5.82. The van der Waals surface area contributed by atoms with E-state index in [-0.39, 0.29) is 11.0 Å². The maximum atomic E-state index is 13.0. The van der Waals surface area contributed by atoms with Crippen molar-refractivity contribution in [3.8, 4) is 0 Å². The molecule has 2 aromatic carbocycles. The summed E-state index contributed by atoms with van der Waals surface area (Å²) in [6, 6.07) is 10.5. The maximum absolute atomic E-state index is 13.0. The van der Waals surface area contributed by atoms with Crippen LogP contribution in [0.1, 0.15) is 18.4 Å². The maximum Gasteiger partial charge on any atom is 0.416 e. The number of anilines is 1. The SMILES string of the molecule is O=S(=O)(c1cccc(C(F)(F)F)c1)c1cnc2c(N3CCC(O)CC3)cccc2c1. The molecule has 0 saturated carbocycles. The number of aliphatic hydroxyl groups is 1. The number of aromatic nitrogens is 1. The highest BCUT2D eigenvalue weighted by Gasteiger charge is 2.32. The smallest absolute Gasteiger partial charge is 0.393 e. The van der Waals surface area contributed by atoms with Crippen LogP contribution in [-0.4, -0.2) is 37.7 Å². The standard InChI is InChI=1S/C21H19F3N2O3S/c22-21(23,24)15-4-2-5-17(12-15)30(28,29)18-11-14-3-1-6-19(20(14)25-13-18)26-9-7-16(27)8-10-26/h1-6,11-13,16,27H,7-10H2. The fraction of sp³-hybridized carbons (Fsp3) is 0.286. The zero-order valence-corrected chi connectivity index (χ0v) is 16.6. The van der Waals surface area contributed by atoms with Gasteiger partial charge in [0.05, 0.1) is 32.7 Å². The summed E-state index contributed by atoms with van der Waals surface area (Å²) >= 11 is 0. The number of piperidine rings is 1. The van der Waals surface area contributed by atoms with Crippen LogP contribution in [0.15, 0.2) is 64.5 Å². The van der Waals surface area contributed by atoms with Crippen molar-refractivity contribution < 1.29 is 26.7 Å². The average Bonchev–Trinajstić information content (AvgIpc) is 2.73. The zero-order chi connectivity index (χ0) is 21.5. The average molecular weight is 436 g/mol. The van der Waals surface area contributed by atoms with Crippen molar-refractivity contribution in [2.75, 3.05) is 18.0 Å². The van der Waals surface area contributed by atoms with E-state index in [0.29, 0.717) is 42.9 Å². The second kappa shape index (κ2) is 7.55. The molecule has 1 saturated heterocycles. The van der Waals surface area contributed by atoms with E-state index in [4.69, 9.17) is 0 Å². The Morgan fingerprint density at radius 1 is 1.00 bits per heavy atom. The van der Waals surface area contributed by atoms with Gasteiger partial charge in [0.25, 0.3) is 0 Å². The van der Waals surface area contributed by atoms with Crippen LogP contribution in [0.25, 0.3) is 10.9 Å². The normalized spacial score (nSPS) is 16.2. The minimum absolute atomic E-state index is 0.166. The van der Waals surface area contributed by atoms with Crippen LogP contribution in [0.5, 0.6) is 0 Å². The van der Waals surface area contributed by atoms with Gasteiger partial charge in [0.2, 0.25) is 9.84 Å². The number of para-hydroxylation sites is 1. The lowest BCUT2D eigenvalue weighted by Crippen LogP contribution is -2.35. The highest BCUT2D eigenvalue weighted by atomic mass is 32.2. The quantitative estimate of drug-likeness (QED) is 0.671. The Morgan fingerprint density at radius 3 is 2.40 bits per heavy atom. The molecular weight excluding hydrogens is 417 g/mol. The number of pyridine rings is 1. The van der Waals surface area contributed by atoms with Gasteiger partial charge in [0.15, 0.2) is 0 Å². The monoisotopic (exact) mass is 436 g/mol. The number of halogens is 3. The minimum atomic E-state index is -4.63. The predicted molar refractivity (Wildman–Crippen MR) is 106 cm³/mol. The molecule has 30 heavy (non-hydrogen) atoms. The fourth-order valence-electron chi connectivity index (χ4n) is 3.61. The summed E-state index contributed by atoms with van der Waals surface area (Å²) in [6.45, 7) is 1.32. The molecule has 1 aliphatic rings. The van der Waals surface area contributed by atoms with Crippen molar-refractivity contribution in [1.29, 1.82) is 0 Å². The van der Waals surface area contributed by atoms with Crippen LogP contribution in [-0.2, 0) is 16.0 Å². The molecule has 0 atom stereocenters. The molecule has 0 bridgehead atoms. The van der Waals surface area contributed by atoms with E-state index in [1.165, 1.54) is 12.3 Å². The molecule has 0 spiro atoms. The molecular formula is C21H19F3N2O3S. The molecule has 2 heterocycles. The van der Waals surface area contributed by atoms with Crippen molar-refractivity contribution in [2.24, 2.45) is 0 Å². The van der Waals surface area contributed by atoms with Crippen molar-refractivity contribution in [3.63, 3.8) is 0 Å². The van der Waals surface area contributed by atoms with Crippen LogP contribution in [0.2, 0.25) is 0 Å². The van der Waals surface area contributed by atoms with Crippen LogP contribution in [0, 0.1) is 0 Å². The fourth-order valence-corrected chi connectivity index (χ4v) is 4.89. The number of hydrogen-bond acceptors (Lipinski definition) is 5. The van der Waals surface area contributed by atoms with Gasteiger partial charge in [-0.1, -0.05) is 18.2 Å². The molecule has 1 aliphatic heterocycles. The highest BCUT2D eigenvalue weighted by Crippen LogP contribution is 2.33. The second-order valence-corrected chi connectivity index (χ2v) is 9.22. The van der Waals surface area contributed by atoms with Gasteiger partial charge in [-0.25, -0.2) is 8.42 Å². The van der Waals surface area contributed by atoms with Gasteiger partial charge in [-0.05, 0) is 43.2 Å².